The molecule has 9 aromatic carbocycles. The van der Waals surface area contributed by atoms with Gasteiger partial charge < -0.3 is 9.13 Å². The molecule has 0 unspecified atom stereocenters. The van der Waals surface area contributed by atoms with Gasteiger partial charge in [0.25, 0.3) is 0 Å². The Morgan fingerprint density at radius 2 is 0.879 bits per heavy atom. The van der Waals surface area contributed by atoms with E-state index in [1.54, 1.807) is 0 Å². The summed E-state index contributed by atoms with van der Waals surface area (Å²) in [5.41, 5.74) is 13.2. The van der Waals surface area contributed by atoms with Crippen molar-refractivity contribution in [1.29, 1.82) is 0 Å². The van der Waals surface area contributed by atoms with Crippen LogP contribution in [-0.4, -0.2) is 19.1 Å². The SMILES string of the molecule is c1ccc(-c2ccc(-n3c4ccccc4c4c5c6c7ccccc7ccc6n(-c6cccc(-c7nc(-c8ccccc8)c8ccccc8n7)c6)c5ccc43)cc2)cc1. The fraction of sp³-hybridized carbons (Fsp3) is 0. The zero-order valence-corrected chi connectivity index (χ0v) is 31.4. The van der Waals surface area contributed by atoms with Gasteiger partial charge >= 0.3 is 0 Å². The molecule has 12 rings (SSSR count). The Balaban J connectivity index is 1.12. The zero-order chi connectivity index (χ0) is 38.2. The average Bonchev–Trinajstić information content (AvgIpc) is 3.82. The molecule has 4 heteroatoms. The van der Waals surface area contributed by atoms with E-state index < -0.39 is 0 Å². The minimum atomic E-state index is 0.703. The second-order valence-electron chi connectivity index (χ2n) is 15.0. The van der Waals surface area contributed by atoms with E-state index in [1.165, 1.54) is 54.5 Å². The second kappa shape index (κ2) is 12.9. The maximum Gasteiger partial charge on any atom is 0.160 e. The maximum absolute atomic E-state index is 5.24. The van der Waals surface area contributed by atoms with Crippen molar-refractivity contribution in [3.63, 3.8) is 0 Å². The Kier molecular flexibility index (Phi) is 7.20. The van der Waals surface area contributed by atoms with Gasteiger partial charge in [-0.3, -0.25) is 0 Å². The van der Waals surface area contributed by atoms with Crippen molar-refractivity contribution >= 4 is 65.3 Å². The Morgan fingerprint density at radius 1 is 0.310 bits per heavy atom. The number of hydrogen-bond donors (Lipinski definition) is 0. The quantitative estimate of drug-likeness (QED) is 0.176. The van der Waals surface area contributed by atoms with Crippen molar-refractivity contribution in [1.82, 2.24) is 19.1 Å². The van der Waals surface area contributed by atoms with Crippen molar-refractivity contribution in [2.75, 3.05) is 0 Å². The van der Waals surface area contributed by atoms with Crippen molar-refractivity contribution in [2.24, 2.45) is 0 Å². The number of rotatable bonds is 5. The smallest absolute Gasteiger partial charge is 0.160 e. The van der Waals surface area contributed by atoms with E-state index in [9.17, 15) is 0 Å². The zero-order valence-electron chi connectivity index (χ0n) is 31.4. The normalized spacial score (nSPS) is 11.8. The number of fused-ring (bicyclic) bond motifs is 10. The maximum atomic E-state index is 5.24. The molecule has 0 bridgehead atoms. The van der Waals surface area contributed by atoms with E-state index in [4.69, 9.17) is 9.97 Å². The third-order valence-electron chi connectivity index (χ3n) is 11.7. The molecule has 0 atom stereocenters. The van der Waals surface area contributed by atoms with Crippen molar-refractivity contribution in [3.8, 4) is 45.1 Å². The molecule has 0 N–H and O–H groups in total. The summed E-state index contributed by atoms with van der Waals surface area (Å²) in [6, 6.07) is 73.7. The number of nitrogens with zero attached hydrogens (tertiary/aromatic N) is 4. The fourth-order valence-electron chi connectivity index (χ4n) is 9.12. The molecule has 0 saturated heterocycles. The minimum absolute atomic E-state index is 0.703. The lowest BCUT2D eigenvalue weighted by atomic mass is 10.0. The number of benzene rings is 9. The molecule has 3 heterocycles. The van der Waals surface area contributed by atoms with Crippen molar-refractivity contribution in [2.45, 2.75) is 0 Å². The number of para-hydroxylation sites is 2. The lowest BCUT2D eigenvalue weighted by Crippen LogP contribution is -1.98. The van der Waals surface area contributed by atoms with Crippen LogP contribution in [0.2, 0.25) is 0 Å². The van der Waals surface area contributed by atoms with Crippen LogP contribution in [0, 0.1) is 0 Å². The van der Waals surface area contributed by atoms with E-state index in [1.807, 2.05) is 12.1 Å². The lowest BCUT2D eigenvalue weighted by molar-refractivity contribution is 1.17. The fourth-order valence-corrected chi connectivity index (χ4v) is 9.12. The van der Waals surface area contributed by atoms with Gasteiger partial charge in [-0.25, -0.2) is 9.97 Å². The molecule has 3 aromatic heterocycles. The van der Waals surface area contributed by atoms with Gasteiger partial charge in [0.05, 0.1) is 33.3 Å². The van der Waals surface area contributed by atoms with Crippen LogP contribution in [0.15, 0.2) is 206 Å². The predicted molar refractivity (Wildman–Crippen MR) is 242 cm³/mol. The molecule has 0 aliphatic carbocycles. The van der Waals surface area contributed by atoms with Crippen LogP contribution in [0.4, 0.5) is 0 Å². The van der Waals surface area contributed by atoms with Gasteiger partial charge in [-0.05, 0) is 76.5 Å². The molecule has 4 nitrogen and oxygen atoms in total. The highest BCUT2D eigenvalue weighted by atomic mass is 15.0. The molecule has 0 amide bonds. The Labute approximate surface area is 334 Å². The first-order chi connectivity index (χ1) is 28.8. The lowest BCUT2D eigenvalue weighted by Gasteiger charge is -2.12. The van der Waals surface area contributed by atoms with Gasteiger partial charge in [0, 0.05) is 49.4 Å². The first-order valence-electron chi connectivity index (χ1n) is 19.8. The third-order valence-corrected chi connectivity index (χ3v) is 11.7. The van der Waals surface area contributed by atoms with E-state index in [0.717, 1.165) is 50.1 Å². The Hall–Kier alpha value is -7.82. The summed E-state index contributed by atoms with van der Waals surface area (Å²) in [6.07, 6.45) is 0. The van der Waals surface area contributed by atoms with Gasteiger partial charge in [-0.1, -0.05) is 152 Å². The summed E-state index contributed by atoms with van der Waals surface area (Å²) < 4.78 is 4.86. The van der Waals surface area contributed by atoms with E-state index in [-0.39, 0.29) is 0 Å². The van der Waals surface area contributed by atoms with Gasteiger partial charge in [-0.2, -0.15) is 0 Å². The first kappa shape index (κ1) is 32.4. The number of hydrogen-bond acceptors (Lipinski definition) is 2. The van der Waals surface area contributed by atoms with Crippen LogP contribution < -0.4 is 0 Å². The Morgan fingerprint density at radius 3 is 1.67 bits per heavy atom. The van der Waals surface area contributed by atoms with Crippen LogP contribution in [-0.2, 0) is 0 Å². The topological polar surface area (TPSA) is 35.6 Å². The third kappa shape index (κ3) is 4.95. The molecule has 270 valence electrons. The van der Waals surface area contributed by atoms with Gasteiger partial charge in [0.1, 0.15) is 0 Å². The largest absolute Gasteiger partial charge is 0.309 e. The summed E-state index contributed by atoms with van der Waals surface area (Å²) >= 11 is 0. The van der Waals surface area contributed by atoms with Crippen LogP contribution in [0.3, 0.4) is 0 Å². The highest BCUT2D eigenvalue weighted by Gasteiger charge is 2.22. The van der Waals surface area contributed by atoms with Gasteiger partial charge in [0.15, 0.2) is 5.82 Å². The van der Waals surface area contributed by atoms with Crippen LogP contribution in [0.1, 0.15) is 0 Å². The minimum Gasteiger partial charge on any atom is -0.309 e. The first-order valence-corrected chi connectivity index (χ1v) is 19.8. The molecule has 0 spiro atoms. The van der Waals surface area contributed by atoms with Crippen LogP contribution >= 0.6 is 0 Å². The van der Waals surface area contributed by atoms with E-state index in [0.29, 0.717) is 5.82 Å². The summed E-state index contributed by atoms with van der Waals surface area (Å²) in [7, 11) is 0. The highest BCUT2D eigenvalue weighted by Crippen LogP contribution is 2.45. The number of aromatic nitrogens is 4. The molecule has 0 aliphatic heterocycles. The molecular weight excluding hydrogens is 705 g/mol. The average molecular weight is 739 g/mol. The summed E-state index contributed by atoms with van der Waals surface area (Å²) in [4.78, 5) is 10.4. The molecule has 0 radical (unpaired) electrons. The van der Waals surface area contributed by atoms with Crippen LogP contribution in [0.25, 0.3) is 110 Å². The van der Waals surface area contributed by atoms with Crippen LogP contribution in [0.5, 0.6) is 0 Å². The molecule has 58 heavy (non-hydrogen) atoms. The van der Waals surface area contributed by atoms with E-state index >= 15 is 0 Å². The standard InChI is InChI=1S/C54H34N4/c1-3-14-35(15-4-1)36-26-29-40(30-27-36)57-46-25-12-10-23-44(46)51-48(57)32-33-49-52(51)50-42-21-8-7-16-37(42)28-31-47(50)58(49)41-20-13-19-39(34-41)54-55-45-24-11-9-22-43(45)53(56-54)38-17-5-2-6-18-38/h1-34H. The van der Waals surface area contributed by atoms with Crippen molar-refractivity contribution in [3.05, 3.63) is 206 Å². The van der Waals surface area contributed by atoms with E-state index in [2.05, 4.69) is 203 Å². The van der Waals surface area contributed by atoms with Gasteiger partial charge in [-0.15, -0.1) is 0 Å². The molecule has 0 aliphatic rings. The molecular formula is C54H34N4. The monoisotopic (exact) mass is 738 g/mol. The summed E-state index contributed by atoms with van der Waals surface area (Å²) in [5.74, 6) is 0.703. The molecule has 12 aromatic rings. The predicted octanol–water partition coefficient (Wildman–Crippen LogP) is 14.0. The molecule has 0 fully saturated rings. The molecule has 0 saturated carbocycles. The summed E-state index contributed by atoms with van der Waals surface area (Å²) in [6.45, 7) is 0. The van der Waals surface area contributed by atoms with Gasteiger partial charge in [0.2, 0.25) is 0 Å². The summed E-state index contributed by atoms with van der Waals surface area (Å²) in [5, 5.41) is 8.48. The van der Waals surface area contributed by atoms with Crippen molar-refractivity contribution < 1.29 is 0 Å². The Bertz CT molecular complexity index is 3540. The second-order valence-corrected chi connectivity index (χ2v) is 15.0. The highest BCUT2D eigenvalue weighted by molar-refractivity contribution is 6.33.